The van der Waals surface area contributed by atoms with Crippen LogP contribution >= 0.6 is 15.9 Å². The molecule has 1 N–H and O–H groups in total. The maximum absolute atomic E-state index is 9.37. The highest BCUT2D eigenvalue weighted by Crippen LogP contribution is 2.44. The van der Waals surface area contributed by atoms with Gasteiger partial charge >= 0.3 is 0 Å². The van der Waals surface area contributed by atoms with E-state index in [2.05, 4.69) is 15.9 Å². The zero-order valence-corrected chi connectivity index (χ0v) is 8.88. The molecule has 1 aromatic rings. The van der Waals surface area contributed by atoms with Crippen LogP contribution in [0.4, 0.5) is 0 Å². The van der Waals surface area contributed by atoms with E-state index in [-0.39, 0.29) is 5.75 Å². The van der Waals surface area contributed by atoms with Crippen LogP contribution in [0.3, 0.4) is 0 Å². The lowest BCUT2D eigenvalue weighted by atomic mass is 10.3. The van der Waals surface area contributed by atoms with Crippen LogP contribution < -0.4 is 9.47 Å². The molecule has 4 heteroatoms. The summed E-state index contributed by atoms with van der Waals surface area (Å²) in [5.41, 5.74) is 0. The Morgan fingerprint density at radius 1 is 1.23 bits per heavy atom. The number of hydrogen-bond donors (Lipinski definition) is 1. The number of hydrogen-bond acceptors (Lipinski definition) is 3. The number of aromatic hydroxyl groups is 1. The van der Waals surface area contributed by atoms with Crippen molar-refractivity contribution in [3.8, 4) is 17.2 Å². The van der Waals surface area contributed by atoms with Gasteiger partial charge < -0.3 is 14.6 Å². The molecule has 0 saturated carbocycles. The van der Waals surface area contributed by atoms with Crippen molar-refractivity contribution in [2.45, 2.75) is 19.6 Å². The van der Waals surface area contributed by atoms with E-state index in [0.717, 1.165) is 0 Å². The standard InChI is InChI=1S/C9H9BrO3/c1-9(2)12-7-3-5(10)6(11)4-8(7)13-9/h3-4,11H,1-2H3. The van der Waals surface area contributed by atoms with Crippen molar-refractivity contribution in [2.75, 3.05) is 0 Å². The van der Waals surface area contributed by atoms with Gasteiger partial charge in [0.25, 0.3) is 0 Å². The fraction of sp³-hybridized carbons (Fsp3) is 0.333. The monoisotopic (exact) mass is 244 g/mol. The molecule has 13 heavy (non-hydrogen) atoms. The molecule has 3 nitrogen and oxygen atoms in total. The highest BCUT2D eigenvalue weighted by Gasteiger charge is 2.32. The molecule has 0 bridgehead atoms. The lowest BCUT2D eigenvalue weighted by Crippen LogP contribution is -2.29. The summed E-state index contributed by atoms with van der Waals surface area (Å²) in [4.78, 5) is 0. The van der Waals surface area contributed by atoms with E-state index in [4.69, 9.17) is 9.47 Å². The Kier molecular flexibility index (Phi) is 1.70. The second-order valence-electron chi connectivity index (χ2n) is 3.35. The molecule has 1 aromatic carbocycles. The van der Waals surface area contributed by atoms with Crippen LogP contribution in [-0.2, 0) is 0 Å². The SMILES string of the molecule is CC1(C)Oc2cc(O)c(Br)cc2O1. The Morgan fingerprint density at radius 3 is 2.38 bits per heavy atom. The molecule has 0 unspecified atom stereocenters. The Balaban J connectivity index is 2.48. The summed E-state index contributed by atoms with van der Waals surface area (Å²) in [5.74, 6) is 0.732. The molecule has 1 heterocycles. The van der Waals surface area contributed by atoms with Crippen LogP contribution in [0.5, 0.6) is 17.2 Å². The minimum absolute atomic E-state index is 0.153. The maximum Gasteiger partial charge on any atom is 0.246 e. The molecule has 1 aliphatic rings. The van der Waals surface area contributed by atoms with E-state index < -0.39 is 5.79 Å². The van der Waals surface area contributed by atoms with E-state index in [9.17, 15) is 5.11 Å². The molecule has 0 radical (unpaired) electrons. The van der Waals surface area contributed by atoms with Gasteiger partial charge in [-0.15, -0.1) is 0 Å². The summed E-state index contributed by atoms with van der Waals surface area (Å²) in [6.07, 6.45) is 0. The van der Waals surface area contributed by atoms with Crippen LogP contribution in [0.2, 0.25) is 0 Å². The quantitative estimate of drug-likeness (QED) is 0.763. The van der Waals surface area contributed by atoms with E-state index >= 15 is 0 Å². The molecule has 0 aromatic heterocycles. The predicted octanol–water partition coefficient (Wildman–Crippen LogP) is 2.66. The van der Waals surface area contributed by atoms with Crippen molar-refractivity contribution < 1.29 is 14.6 Å². The summed E-state index contributed by atoms with van der Waals surface area (Å²) in [6, 6.07) is 3.23. The first-order chi connectivity index (χ1) is 5.98. The van der Waals surface area contributed by atoms with Gasteiger partial charge in [-0.05, 0) is 15.9 Å². The summed E-state index contributed by atoms with van der Waals surface area (Å²) in [7, 11) is 0. The highest BCUT2D eigenvalue weighted by molar-refractivity contribution is 9.10. The Labute approximate surface area is 84.4 Å². The van der Waals surface area contributed by atoms with E-state index in [0.29, 0.717) is 16.0 Å². The van der Waals surface area contributed by atoms with E-state index in [1.165, 1.54) is 6.07 Å². The Hall–Kier alpha value is -0.900. The van der Waals surface area contributed by atoms with Crippen molar-refractivity contribution in [1.82, 2.24) is 0 Å². The third-order valence-corrected chi connectivity index (χ3v) is 2.36. The van der Waals surface area contributed by atoms with Crippen molar-refractivity contribution in [3.63, 3.8) is 0 Å². The van der Waals surface area contributed by atoms with Crippen molar-refractivity contribution in [2.24, 2.45) is 0 Å². The van der Waals surface area contributed by atoms with Gasteiger partial charge in [0.15, 0.2) is 11.5 Å². The molecule has 0 saturated heterocycles. The first kappa shape index (κ1) is 8.69. The number of rotatable bonds is 0. The lowest BCUT2D eigenvalue weighted by molar-refractivity contribution is -0.0431. The number of fused-ring (bicyclic) bond motifs is 1. The lowest BCUT2D eigenvalue weighted by Gasteiger charge is -2.16. The van der Waals surface area contributed by atoms with Gasteiger partial charge in [-0.3, -0.25) is 0 Å². The van der Waals surface area contributed by atoms with Gasteiger partial charge in [0.2, 0.25) is 5.79 Å². The molecular weight excluding hydrogens is 236 g/mol. The minimum Gasteiger partial charge on any atom is -0.507 e. The third kappa shape index (κ3) is 1.46. The number of ether oxygens (including phenoxy) is 2. The maximum atomic E-state index is 9.37. The Bertz CT molecular complexity index is 327. The first-order valence-corrected chi connectivity index (χ1v) is 4.68. The normalized spacial score (nSPS) is 17.5. The summed E-state index contributed by atoms with van der Waals surface area (Å²) in [6.45, 7) is 3.63. The summed E-state index contributed by atoms with van der Waals surface area (Å²) in [5, 5.41) is 9.37. The molecule has 0 spiro atoms. The molecule has 70 valence electrons. The van der Waals surface area contributed by atoms with Crippen LogP contribution in [0.15, 0.2) is 16.6 Å². The highest BCUT2D eigenvalue weighted by atomic mass is 79.9. The minimum atomic E-state index is -0.643. The van der Waals surface area contributed by atoms with Crippen LogP contribution in [0, 0.1) is 0 Å². The first-order valence-electron chi connectivity index (χ1n) is 3.88. The zero-order chi connectivity index (χ0) is 9.64. The number of phenolic OH excluding ortho intramolecular Hbond substituents is 1. The average molecular weight is 245 g/mol. The average Bonchev–Trinajstić information content (AvgIpc) is 2.24. The van der Waals surface area contributed by atoms with E-state index in [1.54, 1.807) is 6.07 Å². The fourth-order valence-corrected chi connectivity index (χ4v) is 1.56. The molecule has 1 aliphatic heterocycles. The zero-order valence-electron chi connectivity index (χ0n) is 7.30. The van der Waals surface area contributed by atoms with E-state index in [1.807, 2.05) is 13.8 Å². The van der Waals surface area contributed by atoms with Crippen molar-refractivity contribution in [1.29, 1.82) is 0 Å². The molecule has 0 fully saturated rings. The second kappa shape index (κ2) is 2.54. The molecule has 2 rings (SSSR count). The van der Waals surface area contributed by atoms with Gasteiger partial charge in [-0.25, -0.2) is 0 Å². The number of phenols is 1. The van der Waals surface area contributed by atoms with Gasteiger partial charge in [0, 0.05) is 26.0 Å². The third-order valence-electron chi connectivity index (χ3n) is 1.72. The largest absolute Gasteiger partial charge is 0.507 e. The van der Waals surface area contributed by atoms with Crippen LogP contribution in [0.1, 0.15) is 13.8 Å². The number of benzene rings is 1. The van der Waals surface area contributed by atoms with Crippen molar-refractivity contribution >= 4 is 15.9 Å². The van der Waals surface area contributed by atoms with Crippen molar-refractivity contribution in [3.05, 3.63) is 16.6 Å². The van der Waals surface area contributed by atoms with Gasteiger partial charge in [-0.2, -0.15) is 0 Å². The van der Waals surface area contributed by atoms with Crippen LogP contribution in [0.25, 0.3) is 0 Å². The van der Waals surface area contributed by atoms with Gasteiger partial charge in [0.1, 0.15) is 5.75 Å². The molecule has 0 atom stereocenters. The summed E-state index contributed by atoms with van der Waals surface area (Å²) >= 11 is 3.20. The molecule has 0 aliphatic carbocycles. The summed E-state index contributed by atoms with van der Waals surface area (Å²) < 4.78 is 11.5. The number of halogens is 1. The predicted molar refractivity (Wildman–Crippen MR) is 51.1 cm³/mol. The fourth-order valence-electron chi connectivity index (χ4n) is 1.23. The Morgan fingerprint density at radius 2 is 1.77 bits per heavy atom. The topological polar surface area (TPSA) is 38.7 Å². The van der Waals surface area contributed by atoms with Gasteiger partial charge in [-0.1, -0.05) is 0 Å². The van der Waals surface area contributed by atoms with Gasteiger partial charge in [0.05, 0.1) is 4.47 Å². The molecule has 0 amide bonds. The molecular formula is C9H9BrO3. The second-order valence-corrected chi connectivity index (χ2v) is 4.21. The smallest absolute Gasteiger partial charge is 0.246 e. The van der Waals surface area contributed by atoms with Crippen LogP contribution in [-0.4, -0.2) is 10.9 Å².